The molecule has 8 nitrogen and oxygen atoms in total. The molecule has 0 radical (unpaired) electrons. The fraction of sp³-hybridized carbons (Fsp3) is 0.231. The Morgan fingerprint density at radius 1 is 1.26 bits per heavy atom. The Balaban J connectivity index is 2.48. The summed E-state index contributed by atoms with van der Waals surface area (Å²) < 4.78 is 33.5. The topological polar surface area (TPSA) is 111 Å². The van der Waals surface area contributed by atoms with E-state index < -0.39 is 22.0 Å². The number of thiazole rings is 1. The fourth-order valence-electron chi connectivity index (χ4n) is 1.99. The van der Waals surface area contributed by atoms with E-state index in [1.54, 1.807) is 12.1 Å². The van der Waals surface area contributed by atoms with Crippen LogP contribution in [0.15, 0.2) is 29.8 Å². The molecule has 2 aromatic rings. The van der Waals surface area contributed by atoms with Gasteiger partial charge in [-0.3, -0.25) is 4.55 Å². The van der Waals surface area contributed by atoms with Crippen molar-refractivity contribution in [2.45, 2.75) is 6.54 Å². The molecule has 0 fully saturated rings. The molecule has 1 aromatic heterocycles. The molecule has 0 aliphatic rings. The van der Waals surface area contributed by atoms with Gasteiger partial charge in [-0.15, -0.1) is 11.3 Å². The third kappa shape index (κ3) is 4.05. The zero-order chi connectivity index (χ0) is 17.2. The minimum atomic E-state index is -4.70. The molecule has 0 atom stereocenters. The van der Waals surface area contributed by atoms with Gasteiger partial charge in [0.05, 0.1) is 11.2 Å². The van der Waals surface area contributed by atoms with Crippen molar-refractivity contribution >= 4 is 38.3 Å². The van der Waals surface area contributed by atoms with E-state index in [4.69, 9.17) is 5.11 Å². The van der Waals surface area contributed by atoms with E-state index >= 15 is 0 Å². The van der Waals surface area contributed by atoms with Crippen molar-refractivity contribution in [1.82, 2.24) is 9.88 Å². The molecule has 0 amide bonds. The van der Waals surface area contributed by atoms with Crippen LogP contribution in [0.5, 0.6) is 0 Å². The summed E-state index contributed by atoms with van der Waals surface area (Å²) in [6, 6.07) is 6.40. The number of aromatic nitrogens is 1. The maximum Gasteiger partial charge on any atom is 0.365 e. The number of carboxylic acids is 1. The van der Waals surface area contributed by atoms with Gasteiger partial charge in [-0.05, 0) is 31.8 Å². The second-order valence-corrected chi connectivity index (χ2v) is 7.05. The molecule has 0 aliphatic heterocycles. The maximum absolute atomic E-state index is 11.7. The molecular weight excluding hydrogens is 342 g/mol. The average molecular weight is 357 g/mol. The lowest BCUT2D eigenvalue weighted by molar-refractivity contribution is 0.0692. The Kier molecular flexibility index (Phi) is 5.00. The monoisotopic (exact) mass is 357 g/mol. The predicted octanol–water partition coefficient (Wildman–Crippen LogP) is 1.84. The first kappa shape index (κ1) is 17.3. The molecule has 23 heavy (non-hydrogen) atoms. The van der Waals surface area contributed by atoms with Gasteiger partial charge in [-0.25, -0.2) is 14.1 Å². The van der Waals surface area contributed by atoms with Crippen LogP contribution in [0.1, 0.15) is 16.1 Å². The van der Waals surface area contributed by atoms with Crippen molar-refractivity contribution < 1.29 is 22.9 Å². The van der Waals surface area contributed by atoms with Crippen LogP contribution < -0.4 is 4.31 Å². The number of hydrogen-bond acceptors (Lipinski definition) is 6. The normalized spacial score (nSPS) is 11.7. The number of carbonyl (C=O) groups is 1. The van der Waals surface area contributed by atoms with E-state index in [1.807, 2.05) is 19.0 Å². The molecule has 10 heteroatoms. The van der Waals surface area contributed by atoms with Gasteiger partial charge in [0.25, 0.3) is 0 Å². The standard InChI is InChI=1S/C13H15N3O5S2/c1-15(2)7-9-3-5-10(6-4-9)16(23(19,20)21)12-11(13(17)18)14-8-22-12/h3-6,8H,7H2,1-2H3,(H,17,18)(H,19,20,21). The Hall–Kier alpha value is -2.01. The number of carboxylic acid groups (broad SMARTS) is 1. The van der Waals surface area contributed by atoms with E-state index in [0.29, 0.717) is 10.8 Å². The number of aromatic carboxylic acids is 1. The summed E-state index contributed by atoms with van der Waals surface area (Å²) in [5.41, 5.74) is 1.83. The molecule has 124 valence electrons. The number of nitrogens with zero attached hydrogens (tertiary/aromatic N) is 3. The number of hydrogen-bond donors (Lipinski definition) is 2. The summed E-state index contributed by atoms with van der Waals surface area (Å²) in [4.78, 5) is 16.7. The van der Waals surface area contributed by atoms with E-state index in [9.17, 15) is 17.8 Å². The third-order valence-electron chi connectivity index (χ3n) is 2.84. The van der Waals surface area contributed by atoms with Gasteiger partial charge in [0.15, 0.2) is 5.69 Å². The van der Waals surface area contributed by atoms with Crippen LogP contribution in [0.25, 0.3) is 0 Å². The average Bonchev–Trinajstić information content (AvgIpc) is 2.88. The van der Waals surface area contributed by atoms with Crippen molar-refractivity contribution in [3.63, 3.8) is 0 Å². The molecule has 0 saturated carbocycles. The predicted molar refractivity (Wildman–Crippen MR) is 86.6 cm³/mol. The molecule has 0 spiro atoms. The van der Waals surface area contributed by atoms with E-state index in [2.05, 4.69) is 4.98 Å². The molecule has 1 aromatic carbocycles. The minimum absolute atomic E-state index is 0.127. The van der Waals surface area contributed by atoms with Crippen molar-refractivity contribution in [2.75, 3.05) is 18.4 Å². The van der Waals surface area contributed by atoms with Crippen LogP contribution in [0.4, 0.5) is 10.7 Å². The smallest absolute Gasteiger partial charge is 0.365 e. The fourth-order valence-corrected chi connectivity index (χ4v) is 3.79. The van der Waals surface area contributed by atoms with Crippen molar-refractivity contribution in [3.05, 3.63) is 41.0 Å². The first-order valence-electron chi connectivity index (χ1n) is 6.38. The number of benzene rings is 1. The van der Waals surface area contributed by atoms with Crippen molar-refractivity contribution in [1.29, 1.82) is 0 Å². The summed E-state index contributed by atoms with van der Waals surface area (Å²) in [5.74, 6) is -1.38. The zero-order valence-corrected chi connectivity index (χ0v) is 14.0. The zero-order valence-electron chi connectivity index (χ0n) is 12.4. The molecule has 2 rings (SSSR count). The summed E-state index contributed by atoms with van der Waals surface area (Å²) in [5, 5.41) is 8.91. The van der Waals surface area contributed by atoms with Crippen LogP contribution in [-0.2, 0) is 16.8 Å². The lowest BCUT2D eigenvalue weighted by Crippen LogP contribution is -2.26. The lowest BCUT2D eigenvalue weighted by Gasteiger charge is -2.20. The summed E-state index contributed by atoms with van der Waals surface area (Å²) >= 11 is 0.809. The van der Waals surface area contributed by atoms with E-state index in [0.717, 1.165) is 16.9 Å². The second kappa shape index (κ2) is 6.62. The van der Waals surface area contributed by atoms with Crippen LogP contribution >= 0.6 is 11.3 Å². The van der Waals surface area contributed by atoms with Crippen molar-refractivity contribution in [3.8, 4) is 0 Å². The number of anilines is 2. The number of rotatable bonds is 6. The maximum atomic E-state index is 11.7. The van der Waals surface area contributed by atoms with Gasteiger partial charge < -0.3 is 10.0 Å². The molecule has 1 heterocycles. The molecule has 2 N–H and O–H groups in total. The van der Waals surface area contributed by atoms with Crippen LogP contribution in [0, 0.1) is 0 Å². The Morgan fingerprint density at radius 3 is 2.35 bits per heavy atom. The highest BCUT2D eigenvalue weighted by molar-refractivity contribution is 7.87. The first-order valence-corrected chi connectivity index (χ1v) is 8.66. The molecule has 0 aliphatic carbocycles. The highest BCUT2D eigenvalue weighted by atomic mass is 32.2. The third-order valence-corrected chi connectivity index (χ3v) is 4.62. The highest BCUT2D eigenvalue weighted by Gasteiger charge is 2.29. The summed E-state index contributed by atoms with van der Waals surface area (Å²) in [6.07, 6.45) is 0. The van der Waals surface area contributed by atoms with Crippen molar-refractivity contribution in [2.24, 2.45) is 0 Å². The quantitative estimate of drug-likeness (QED) is 0.759. The van der Waals surface area contributed by atoms with Gasteiger partial charge in [-0.2, -0.15) is 8.42 Å². The first-order chi connectivity index (χ1) is 10.7. The molecule has 0 unspecified atom stereocenters. The van der Waals surface area contributed by atoms with Crippen LogP contribution in [-0.4, -0.2) is 48.0 Å². The largest absolute Gasteiger partial charge is 0.476 e. The van der Waals surface area contributed by atoms with Gasteiger partial charge in [0.2, 0.25) is 0 Å². The van der Waals surface area contributed by atoms with Crippen LogP contribution in [0.2, 0.25) is 0 Å². The Labute approximate surface area is 137 Å². The van der Waals surface area contributed by atoms with Gasteiger partial charge >= 0.3 is 16.3 Å². The Morgan fingerprint density at radius 2 is 1.87 bits per heavy atom. The van der Waals surface area contributed by atoms with E-state index in [-0.39, 0.29) is 10.7 Å². The van der Waals surface area contributed by atoms with Crippen LogP contribution in [0.3, 0.4) is 0 Å². The molecule has 0 saturated heterocycles. The second-order valence-electron chi connectivity index (χ2n) is 4.96. The molecular formula is C13H15N3O5S2. The molecule has 0 bridgehead atoms. The summed E-state index contributed by atoms with van der Waals surface area (Å²) in [6.45, 7) is 0.660. The SMILES string of the molecule is CN(C)Cc1ccc(N(c2scnc2C(=O)O)S(=O)(=O)O)cc1. The summed E-state index contributed by atoms with van der Waals surface area (Å²) in [7, 11) is -0.908. The lowest BCUT2D eigenvalue weighted by atomic mass is 10.2. The van der Waals surface area contributed by atoms with Gasteiger partial charge in [-0.1, -0.05) is 12.1 Å². The minimum Gasteiger partial charge on any atom is -0.476 e. The highest BCUT2D eigenvalue weighted by Crippen LogP contribution is 2.34. The van der Waals surface area contributed by atoms with Gasteiger partial charge in [0, 0.05) is 6.54 Å². The van der Waals surface area contributed by atoms with Gasteiger partial charge in [0.1, 0.15) is 5.00 Å². The Bertz CT molecular complexity index is 799. The van der Waals surface area contributed by atoms with E-state index in [1.165, 1.54) is 17.6 Å².